The van der Waals surface area contributed by atoms with Crippen molar-refractivity contribution in [2.45, 2.75) is 20.3 Å². The molecule has 1 N–H and O–H groups in total. The molecule has 0 fully saturated rings. The smallest absolute Gasteiger partial charge is 0.273 e. The average molecular weight is 350 g/mol. The molecule has 0 spiro atoms. The minimum absolute atomic E-state index is 0.232. The van der Waals surface area contributed by atoms with Crippen molar-refractivity contribution in [3.8, 4) is 17.2 Å². The van der Waals surface area contributed by atoms with Crippen LogP contribution in [0, 0.1) is 13.8 Å². The van der Waals surface area contributed by atoms with Crippen LogP contribution in [0.4, 0.5) is 0 Å². The van der Waals surface area contributed by atoms with Crippen LogP contribution in [0.1, 0.15) is 28.2 Å². The zero-order valence-electron chi connectivity index (χ0n) is 15.0. The Balaban J connectivity index is 1.49. The maximum absolute atomic E-state index is 12.3. The van der Waals surface area contributed by atoms with E-state index in [2.05, 4.69) is 10.3 Å². The second-order valence-electron chi connectivity index (χ2n) is 6.06. The van der Waals surface area contributed by atoms with E-state index in [0.717, 1.165) is 16.9 Å². The molecule has 0 unspecified atom stereocenters. The first-order chi connectivity index (χ1) is 12.6. The number of ether oxygens (including phenoxy) is 1. The molecular formula is C21H22N2O3. The summed E-state index contributed by atoms with van der Waals surface area (Å²) in [5.74, 6) is 1.58. The van der Waals surface area contributed by atoms with Crippen LogP contribution in [0.2, 0.25) is 0 Å². The molecule has 1 aromatic heterocycles. The van der Waals surface area contributed by atoms with Gasteiger partial charge < -0.3 is 14.5 Å². The number of nitrogens with zero attached hydrogens (tertiary/aromatic N) is 1. The first kappa shape index (κ1) is 17.7. The fourth-order valence-corrected chi connectivity index (χ4v) is 2.56. The van der Waals surface area contributed by atoms with E-state index in [1.807, 2.05) is 61.5 Å². The van der Waals surface area contributed by atoms with E-state index < -0.39 is 0 Å². The van der Waals surface area contributed by atoms with Crippen LogP contribution in [0.25, 0.3) is 11.5 Å². The second-order valence-corrected chi connectivity index (χ2v) is 6.06. The Kier molecular flexibility index (Phi) is 5.69. The van der Waals surface area contributed by atoms with Crippen LogP contribution in [-0.2, 0) is 0 Å². The molecule has 0 saturated heterocycles. The summed E-state index contributed by atoms with van der Waals surface area (Å²) in [4.78, 5) is 16.6. The van der Waals surface area contributed by atoms with Gasteiger partial charge in [0.2, 0.25) is 5.89 Å². The van der Waals surface area contributed by atoms with Gasteiger partial charge in [0.1, 0.15) is 11.5 Å². The third-order valence-electron chi connectivity index (χ3n) is 3.90. The first-order valence-electron chi connectivity index (χ1n) is 8.64. The van der Waals surface area contributed by atoms with Crippen molar-refractivity contribution >= 4 is 5.91 Å². The third-order valence-corrected chi connectivity index (χ3v) is 3.90. The number of carbonyl (C=O) groups is 1. The number of hydrogen-bond acceptors (Lipinski definition) is 4. The molecule has 0 bridgehead atoms. The average Bonchev–Trinajstić information content (AvgIpc) is 3.04. The number of amides is 1. The molecule has 0 radical (unpaired) electrons. The Morgan fingerprint density at radius 3 is 2.69 bits per heavy atom. The monoisotopic (exact) mass is 350 g/mol. The zero-order chi connectivity index (χ0) is 18.4. The normalized spacial score (nSPS) is 10.5. The predicted molar refractivity (Wildman–Crippen MR) is 100 cm³/mol. The number of rotatable bonds is 7. The summed E-state index contributed by atoms with van der Waals surface area (Å²) in [6.07, 6.45) is 0.710. The largest absolute Gasteiger partial charge is 0.494 e. The molecule has 0 saturated carbocycles. The summed E-state index contributed by atoms with van der Waals surface area (Å²) >= 11 is 0. The van der Waals surface area contributed by atoms with E-state index >= 15 is 0 Å². The van der Waals surface area contributed by atoms with Gasteiger partial charge in [-0.05, 0) is 50.1 Å². The van der Waals surface area contributed by atoms with Crippen molar-refractivity contribution < 1.29 is 13.9 Å². The van der Waals surface area contributed by atoms with Gasteiger partial charge >= 0.3 is 0 Å². The zero-order valence-corrected chi connectivity index (χ0v) is 15.0. The molecule has 0 aliphatic heterocycles. The standard InChI is InChI=1S/C21H22N2O3/c1-15-8-6-11-18(14-15)25-13-7-12-22-20(24)19-16(2)26-21(23-19)17-9-4-3-5-10-17/h3-6,8-11,14H,7,12-13H2,1-2H3,(H,22,24). The van der Waals surface area contributed by atoms with Gasteiger partial charge in [0.15, 0.2) is 5.69 Å². The molecule has 26 heavy (non-hydrogen) atoms. The van der Waals surface area contributed by atoms with Crippen molar-refractivity contribution in [2.75, 3.05) is 13.2 Å². The van der Waals surface area contributed by atoms with Crippen molar-refractivity contribution in [3.63, 3.8) is 0 Å². The highest BCUT2D eigenvalue weighted by Crippen LogP contribution is 2.21. The van der Waals surface area contributed by atoms with Crippen LogP contribution in [0.5, 0.6) is 5.75 Å². The van der Waals surface area contributed by atoms with Crippen molar-refractivity contribution in [1.29, 1.82) is 0 Å². The van der Waals surface area contributed by atoms with Crippen LogP contribution in [0.15, 0.2) is 59.0 Å². The number of aromatic nitrogens is 1. The lowest BCUT2D eigenvalue weighted by molar-refractivity contribution is 0.0945. The Labute approximate surface area is 153 Å². The summed E-state index contributed by atoms with van der Waals surface area (Å²) in [5, 5.41) is 2.86. The summed E-state index contributed by atoms with van der Waals surface area (Å²) in [5.41, 5.74) is 2.33. The Morgan fingerprint density at radius 2 is 1.92 bits per heavy atom. The van der Waals surface area contributed by atoms with E-state index in [-0.39, 0.29) is 5.91 Å². The molecule has 0 aliphatic carbocycles. The van der Waals surface area contributed by atoms with Gasteiger partial charge in [0, 0.05) is 12.1 Å². The molecule has 1 heterocycles. The van der Waals surface area contributed by atoms with Crippen LogP contribution in [-0.4, -0.2) is 24.0 Å². The Bertz CT molecular complexity index is 872. The number of hydrogen-bond donors (Lipinski definition) is 1. The van der Waals surface area contributed by atoms with Crippen molar-refractivity contribution in [1.82, 2.24) is 10.3 Å². The lowest BCUT2D eigenvalue weighted by Gasteiger charge is -2.07. The van der Waals surface area contributed by atoms with E-state index in [1.54, 1.807) is 6.92 Å². The van der Waals surface area contributed by atoms with Gasteiger partial charge in [0.25, 0.3) is 5.91 Å². The fourth-order valence-electron chi connectivity index (χ4n) is 2.56. The quantitative estimate of drug-likeness (QED) is 0.650. The first-order valence-corrected chi connectivity index (χ1v) is 8.64. The van der Waals surface area contributed by atoms with E-state index in [9.17, 15) is 4.79 Å². The van der Waals surface area contributed by atoms with Gasteiger partial charge in [-0.15, -0.1) is 0 Å². The van der Waals surface area contributed by atoms with Gasteiger partial charge in [-0.2, -0.15) is 0 Å². The highest BCUT2D eigenvalue weighted by molar-refractivity contribution is 5.93. The molecule has 0 atom stereocenters. The number of nitrogens with one attached hydrogen (secondary N) is 1. The number of benzene rings is 2. The summed E-state index contributed by atoms with van der Waals surface area (Å²) in [6, 6.07) is 17.4. The minimum atomic E-state index is -0.232. The number of aryl methyl sites for hydroxylation is 2. The number of oxazole rings is 1. The highest BCUT2D eigenvalue weighted by Gasteiger charge is 2.17. The molecule has 1 amide bonds. The maximum Gasteiger partial charge on any atom is 0.273 e. The minimum Gasteiger partial charge on any atom is -0.494 e. The molecule has 3 rings (SSSR count). The predicted octanol–water partition coefficient (Wildman–Crippen LogP) is 4.16. The molecule has 134 valence electrons. The molecule has 2 aromatic carbocycles. The summed E-state index contributed by atoms with van der Waals surface area (Å²) in [6.45, 7) is 4.82. The molecule has 5 nitrogen and oxygen atoms in total. The van der Waals surface area contributed by atoms with Crippen molar-refractivity contribution in [3.05, 3.63) is 71.6 Å². The number of carbonyl (C=O) groups excluding carboxylic acids is 1. The van der Waals surface area contributed by atoms with Crippen LogP contribution >= 0.6 is 0 Å². The topological polar surface area (TPSA) is 64.4 Å². The Hall–Kier alpha value is -3.08. The summed E-state index contributed by atoms with van der Waals surface area (Å²) in [7, 11) is 0. The Morgan fingerprint density at radius 1 is 1.12 bits per heavy atom. The van der Waals surface area contributed by atoms with Crippen LogP contribution in [0.3, 0.4) is 0 Å². The van der Waals surface area contributed by atoms with Gasteiger partial charge in [0.05, 0.1) is 6.61 Å². The SMILES string of the molecule is Cc1cccc(OCCCNC(=O)c2nc(-c3ccccc3)oc2C)c1. The molecular weight excluding hydrogens is 328 g/mol. The third kappa shape index (κ3) is 4.51. The van der Waals surface area contributed by atoms with E-state index in [4.69, 9.17) is 9.15 Å². The molecule has 0 aliphatic rings. The van der Waals surface area contributed by atoms with E-state index in [1.165, 1.54) is 0 Å². The fraction of sp³-hybridized carbons (Fsp3) is 0.238. The van der Waals surface area contributed by atoms with E-state index in [0.29, 0.717) is 36.9 Å². The van der Waals surface area contributed by atoms with Gasteiger partial charge in [-0.1, -0.05) is 30.3 Å². The maximum atomic E-state index is 12.3. The lowest BCUT2D eigenvalue weighted by Crippen LogP contribution is -2.26. The van der Waals surface area contributed by atoms with Gasteiger partial charge in [-0.3, -0.25) is 4.79 Å². The van der Waals surface area contributed by atoms with Crippen molar-refractivity contribution in [2.24, 2.45) is 0 Å². The second kappa shape index (κ2) is 8.34. The lowest BCUT2D eigenvalue weighted by atomic mass is 10.2. The molecule has 3 aromatic rings. The van der Waals surface area contributed by atoms with Gasteiger partial charge in [-0.25, -0.2) is 4.98 Å². The highest BCUT2D eigenvalue weighted by atomic mass is 16.5. The summed E-state index contributed by atoms with van der Waals surface area (Å²) < 4.78 is 11.3. The van der Waals surface area contributed by atoms with Crippen LogP contribution < -0.4 is 10.1 Å². The molecule has 5 heteroatoms.